The van der Waals surface area contributed by atoms with E-state index < -0.39 is 48.5 Å². The van der Waals surface area contributed by atoms with Gasteiger partial charge in [-0.1, -0.05) is 19.2 Å². The van der Waals surface area contributed by atoms with Crippen LogP contribution in [0.25, 0.3) is 0 Å². The molecule has 0 heterocycles. The third kappa shape index (κ3) is 7.31. The Balaban J connectivity index is 2.86. The molecule has 32 heavy (non-hydrogen) atoms. The molecule has 170 valence electrons. The highest BCUT2D eigenvalue weighted by molar-refractivity contribution is 6.44. The smallest absolute Gasteiger partial charge is 0.412 e. The van der Waals surface area contributed by atoms with Crippen molar-refractivity contribution in [1.29, 1.82) is 0 Å². The lowest BCUT2D eigenvalue weighted by Gasteiger charge is -2.16. The van der Waals surface area contributed by atoms with E-state index >= 15 is 0 Å². The summed E-state index contributed by atoms with van der Waals surface area (Å²) in [6, 6.07) is 3.13. The van der Waals surface area contributed by atoms with Gasteiger partial charge in [0.25, 0.3) is 0 Å². The quantitative estimate of drug-likeness (QED) is 0.414. The highest BCUT2D eigenvalue weighted by Gasteiger charge is 2.20. The van der Waals surface area contributed by atoms with Crippen molar-refractivity contribution < 1.29 is 38.2 Å². The number of carbonyl (C=O) groups is 6. The Labute approximate surface area is 184 Å². The van der Waals surface area contributed by atoms with E-state index in [-0.39, 0.29) is 22.5 Å². The van der Waals surface area contributed by atoms with Gasteiger partial charge in [-0.15, -0.1) is 0 Å². The molecule has 1 aromatic carbocycles. The number of hydrogen-bond acceptors (Lipinski definition) is 8. The molecule has 2 N–H and O–H groups in total. The van der Waals surface area contributed by atoms with Gasteiger partial charge in [-0.3, -0.25) is 29.8 Å². The summed E-state index contributed by atoms with van der Waals surface area (Å²) in [5, 5.41) is 4.75. The Morgan fingerprint density at radius 3 is 1.66 bits per heavy atom. The molecule has 0 spiro atoms. The number of rotatable bonds is 10. The van der Waals surface area contributed by atoms with Gasteiger partial charge in [-0.05, 0) is 56.0 Å². The van der Waals surface area contributed by atoms with Gasteiger partial charge in [-0.25, -0.2) is 9.59 Å². The molecular weight excluding hydrogens is 420 g/mol. The lowest BCUT2D eigenvalue weighted by Crippen LogP contribution is -2.26. The predicted molar refractivity (Wildman–Crippen MR) is 116 cm³/mol. The van der Waals surface area contributed by atoms with E-state index in [1.807, 2.05) is 0 Å². The van der Waals surface area contributed by atoms with Gasteiger partial charge in [0.2, 0.25) is 23.1 Å². The molecule has 10 heteroatoms. The highest BCUT2D eigenvalue weighted by Crippen LogP contribution is 2.29. The third-order valence-electron chi connectivity index (χ3n) is 4.15. The van der Waals surface area contributed by atoms with E-state index in [1.165, 1.54) is 19.9 Å². The second-order valence-electron chi connectivity index (χ2n) is 6.90. The van der Waals surface area contributed by atoms with Gasteiger partial charge >= 0.3 is 12.2 Å². The number of hydrogen-bond donors (Lipinski definition) is 2. The maximum absolute atomic E-state index is 12.1. The van der Waals surface area contributed by atoms with Gasteiger partial charge in [0.05, 0.1) is 11.4 Å². The SMILES string of the molecule is C=C(C)C(=O)C(=O)COC(=O)Nc1ccc(C)c(C)c1NC(=O)OCC(=O)C(=O)C(=C)C. The van der Waals surface area contributed by atoms with Gasteiger partial charge in [0.1, 0.15) is 0 Å². The average molecular weight is 444 g/mol. The first-order chi connectivity index (χ1) is 14.8. The lowest BCUT2D eigenvalue weighted by molar-refractivity contribution is -0.136. The molecule has 0 aromatic heterocycles. The van der Waals surface area contributed by atoms with Crippen LogP contribution in [0.1, 0.15) is 25.0 Å². The van der Waals surface area contributed by atoms with Crippen LogP contribution >= 0.6 is 0 Å². The third-order valence-corrected chi connectivity index (χ3v) is 4.15. The average Bonchev–Trinajstić information content (AvgIpc) is 2.73. The minimum atomic E-state index is -1.05. The van der Waals surface area contributed by atoms with Gasteiger partial charge in [0, 0.05) is 0 Å². The molecule has 0 radical (unpaired) electrons. The second kappa shape index (κ2) is 11.3. The Morgan fingerprint density at radius 2 is 1.22 bits per heavy atom. The van der Waals surface area contributed by atoms with Gasteiger partial charge in [0.15, 0.2) is 13.2 Å². The number of ketones is 4. The fourth-order valence-electron chi connectivity index (χ4n) is 2.23. The van der Waals surface area contributed by atoms with E-state index in [1.54, 1.807) is 19.9 Å². The van der Waals surface area contributed by atoms with Crippen LogP contribution in [0.5, 0.6) is 0 Å². The summed E-state index contributed by atoms with van der Waals surface area (Å²) in [5.74, 6) is -3.59. The topological polar surface area (TPSA) is 145 Å². The number of ether oxygens (including phenoxy) is 2. The maximum atomic E-state index is 12.1. The fourth-order valence-corrected chi connectivity index (χ4v) is 2.23. The Hall–Kier alpha value is -4.08. The van der Waals surface area contributed by atoms with Crippen LogP contribution in [0.3, 0.4) is 0 Å². The standard InChI is InChI=1S/C22H24N2O8/c1-11(2)19(27)16(25)9-31-21(29)23-15-8-7-13(5)14(6)18(15)24-22(30)32-10-17(26)20(28)12(3)4/h7-8H,1,3,9-10H2,2,4-6H3,(H,23,29)(H,24,30). The van der Waals surface area contributed by atoms with Crippen LogP contribution in [-0.4, -0.2) is 48.5 Å². The van der Waals surface area contributed by atoms with Gasteiger partial charge in [-0.2, -0.15) is 0 Å². The van der Waals surface area contributed by atoms with Crippen LogP contribution in [0.4, 0.5) is 21.0 Å². The lowest BCUT2D eigenvalue weighted by atomic mass is 10.1. The predicted octanol–water partition coefficient (Wildman–Crippen LogP) is 2.83. The number of nitrogens with one attached hydrogen (secondary N) is 2. The van der Waals surface area contributed by atoms with Crippen molar-refractivity contribution >= 4 is 46.7 Å². The zero-order valence-corrected chi connectivity index (χ0v) is 18.2. The molecule has 10 nitrogen and oxygen atoms in total. The molecule has 0 aliphatic heterocycles. The first-order valence-corrected chi connectivity index (χ1v) is 9.29. The van der Waals surface area contributed by atoms with Crippen molar-refractivity contribution in [3.05, 3.63) is 47.6 Å². The number of benzene rings is 1. The van der Waals surface area contributed by atoms with Crippen molar-refractivity contribution in [3.8, 4) is 0 Å². The Kier molecular flexibility index (Phi) is 9.21. The summed E-state index contributed by atoms with van der Waals surface area (Å²) in [4.78, 5) is 70.4. The second-order valence-corrected chi connectivity index (χ2v) is 6.90. The molecule has 0 unspecified atom stereocenters. The fraction of sp³-hybridized carbons (Fsp3) is 0.273. The summed E-state index contributed by atoms with van der Waals surface area (Å²) < 4.78 is 9.51. The van der Waals surface area contributed by atoms with Crippen molar-refractivity contribution in [3.63, 3.8) is 0 Å². The molecule has 0 aliphatic rings. The molecule has 1 aromatic rings. The molecule has 0 saturated heterocycles. The molecule has 1 rings (SSSR count). The summed E-state index contributed by atoms with van der Waals surface area (Å²) in [5.41, 5.74) is 1.62. The summed E-state index contributed by atoms with van der Waals surface area (Å²) in [7, 11) is 0. The van der Waals surface area contributed by atoms with E-state index in [0.717, 1.165) is 5.56 Å². The van der Waals surface area contributed by atoms with Crippen molar-refractivity contribution in [1.82, 2.24) is 0 Å². The highest BCUT2D eigenvalue weighted by atomic mass is 16.6. The first-order valence-electron chi connectivity index (χ1n) is 9.29. The van der Waals surface area contributed by atoms with E-state index in [0.29, 0.717) is 5.56 Å². The summed E-state index contributed by atoms with van der Waals surface area (Å²) >= 11 is 0. The van der Waals surface area contributed by atoms with E-state index in [9.17, 15) is 28.8 Å². The molecule has 0 bridgehead atoms. The minimum absolute atomic E-state index is 0.0154. The number of anilines is 2. The normalized spacial score (nSPS) is 9.88. The van der Waals surface area contributed by atoms with Crippen LogP contribution in [0.2, 0.25) is 0 Å². The first kappa shape index (κ1) is 26.0. The van der Waals surface area contributed by atoms with Crippen LogP contribution in [0.15, 0.2) is 36.4 Å². The largest absolute Gasteiger partial charge is 0.441 e. The number of amides is 2. The zero-order chi connectivity index (χ0) is 24.6. The Morgan fingerprint density at radius 1 is 0.781 bits per heavy atom. The number of allylic oxidation sites excluding steroid dienone is 2. The number of Topliss-reactive ketones (excluding diaryl/α,β-unsaturated/α-hetero) is 4. The zero-order valence-electron chi connectivity index (χ0n) is 18.2. The van der Waals surface area contributed by atoms with E-state index in [4.69, 9.17) is 9.47 Å². The van der Waals surface area contributed by atoms with Crippen LogP contribution in [0, 0.1) is 13.8 Å². The molecular formula is C22H24N2O8. The minimum Gasteiger partial charge on any atom is -0.441 e. The molecule has 0 fully saturated rings. The summed E-state index contributed by atoms with van der Waals surface area (Å²) in [6.07, 6.45) is -2.09. The van der Waals surface area contributed by atoms with Crippen molar-refractivity contribution in [2.75, 3.05) is 23.8 Å². The molecule has 0 aliphatic carbocycles. The number of aryl methyl sites for hydroxylation is 1. The van der Waals surface area contributed by atoms with Crippen molar-refractivity contribution in [2.24, 2.45) is 0 Å². The maximum Gasteiger partial charge on any atom is 0.412 e. The molecule has 2 amide bonds. The Bertz CT molecular complexity index is 1020. The van der Waals surface area contributed by atoms with Crippen LogP contribution in [-0.2, 0) is 28.7 Å². The molecule has 0 saturated carbocycles. The van der Waals surface area contributed by atoms with Crippen molar-refractivity contribution in [2.45, 2.75) is 27.7 Å². The number of carbonyl (C=O) groups excluding carboxylic acids is 6. The van der Waals surface area contributed by atoms with E-state index in [2.05, 4.69) is 23.8 Å². The summed E-state index contributed by atoms with van der Waals surface area (Å²) in [6.45, 7) is 11.3. The monoisotopic (exact) mass is 444 g/mol. The molecule has 0 atom stereocenters. The van der Waals surface area contributed by atoms with Crippen LogP contribution < -0.4 is 10.6 Å². The van der Waals surface area contributed by atoms with Gasteiger partial charge < -0.3 is 9.47 Å².